The lowest BCUT2D eigenvalue weighted by atomic mass is 9.92. The summed E-state index contributed by atoms with van der Waals surface area (Å²) in [6.45, 7) is 2.74. The number of hydrogen-bond acceptors (Lipinski definition) is 3. The van der Waals surface area contributed by atoms with Gasteiger partial charge in [0.1, 0.15) is 5.75 Å². The Bertz CT molecular complexity index is 440. The van der Waals surface area contributed by atoms with Gasteiger partial charge >= 0.3 is 0 Å². The molecule has 1 atom stereocenters. The van der Waals surface area contributed by atoms with E-state index >= 15 is 0 Å². The third-order valence-electron chi connectivity index (χ3n) is 3.87. The van der Waals surface area contributed by atoms with Crippen LogP contribution in [-0.4, -0.2) is 23.1 Å². The topological polar surface area (TPSA) is 75.3 Å². The molecule has 19 heavy (non-hydrogen) atoms. The van der Waals surface area contributed by atoms with E-state index in [4.69, 9.17) is 5.73 Å². The molecule has 4 N–H and O–H groups in total. The molecule has 0 heterocycles. The van der Waals surface area contributed by atoms with Gasteiger partial charge in [-0.15, -0.1) is 0 Å². The summed E-state index contributed by atoms with van der Waals surface area (Å²) in [7, 11) is 0. The molecular formula is C15H22N2O2. The minimum Gasteiger partial charge on any atom is -0.508 e. The largest absolute Gasteiger partial charge is 0.508 e. The first kappa shape index (κ1) is 13.9. The van der Waals surface area contributed by atoms with Gasteiger partial charge in [0.15, 0.2) is 0 Å². The first-order chi connectivity index (χ1) is 8.99. The number of benzene rings is 1. The van der Waals surface area contributed by atoms with Crippen LogP contribution in [0.1, 0.15) is 31.7 Å². The SMILES string of the molecule is CC(CCc1ccc(O)cc1)(NCC1CC1)C(N)=O. The highest BCUT2D eigenvalue weighted by molar-refractivity contribution is 5.84. The third-order valence-corrected chi connectivity index (χ3v) is 3.87. The predicted molar refractivity (Wildman–Crippen MR) is 74.8 cm³/mol. The van der Waals surface area contributed by atoms with E-state index in [1.807, 2.05) is 19.1 Å². The maximum atomic E-state index is 11.6. The van der Waals surface area contributed by atoms with Crippen molar-refractivity contribution in [2.45, 2.75) is 38.1 Å². The van der Waals surface area contributed by atoms with Crippen molar-refractivity contribution < 1.29 is 9.90 Å². The van der Waals surface area contributed by atoms with Gasteiger partial charge in [-0.25, -0.2) is 0 Å². The zero-order chi connectivity index (χ0) is 13.9. The van der Waals surface area contributed by atoms with Gasteiger partial charge in [0.2, 0.25) is 5.91 Å². The monoisotopic (exact) mass is 262 g/mol. The Morgan fingerprint density at radius 3 is 2.58 bits per heavy atom. The molecule has 0 aromatic heterocycles. The Labute approximate surface area is 114 Å². The molecule has 4 heteroatoms. The molecule has 0 aliphatic heterocycles. The van der Waals surface area contributed by atoms with Gasteiger partial charge in [-0.1, -0.05) is 12.1 Å². The van der Waals surface area contributed by atoms with E-state index < -0.39 is 5.54 Å². The molecule has 0 saturated heterocycles. The van der Waals surface area contributed by atoms with E-state index in [-0.39, 0.29) is 11.7 Å². The lowest BCUT2D eigenvalue weighted by Crippen LogP contribution is -2.54. The molecule has 1 aromatic carbocycles. The van der Waals surface area contributed by atoms with E-state index in [1.54, 1.807) is 12.1 Å². The first-order valence-corrected chi connectivity index (χ1v) is 6.82. The van der Waals surface area contributed by atoms with Crippen LogP contribution < -0.4 is 11.1 Å². The highest BCUT2D eigenvalue weighted by Gasteiger charge is 2.32. The predicted octanol–water partition coefficient (Wildman–Crippen LogP) is 1.57. The normalized spacial score (nSPS) is 17.9. The number of carbonyl (C=O) groups excluding carboxylic acids is 1. The van der Waals surface area contributed by atoms with Gasteiger partial charge in [0.25, 0.3) is 0 Å². The molecule has 1 saturated carbocycles. The van der Waals surface area contributed by atoms with Crippen LogP contribution >= 0.6 is 0 Å². The number of phenolic OH excluding ortho intramolecular Hbond substituents is 1. The number of aromatic hydroxyl groups is 1. The van der Waals surface area contributed by atoms with Crippen LogP contribution in [0.2, 0.25) is 0 Å². The van der Waals surface area contributed by atoms with Crippen molar-refractivity contribution >= 4 is 5.91 Å². The summed E-state index contributed by atoms with van der Waals surface area (Å²) >= 11 is 0. The first-order valence-electron chi connectivity index (χ1n) is 6.82. The number of primary amides is 1. The molecule has 104 valence electrons. The molecule has 1 aromatic rings. The summed E-state index contributed by atoms with van der Waals surface area (Å²) in [5.41, 5.74) is 5.97. The van der Waals surface area contributed by atoms with E-state index in [9.17, 15) is 9.90 Å². The molecular weight excluding hydrogens is 240 g/mol. The van der Waals surface area contributed by atoms with Crippen LogP contribution in [0.25, 0.3) is 0 Å². The quantitative estimate of drug-likeness (QED) is 0.698. The maximum Gasteiger partial charge on any atom is 0.237 e. The number of nitrogens with one attached hydrogen (secondary N) is 1. The minimum absolute atomic E-state index is 0.258. The fraction of sp³-hybridized carbons (Fsp3) is 0.533. The summed E-state index contributed by atoms with van der Waals surface area (Å²) in [6.07, 6.45) is 3.93. The Kier molecular flexibility index (Phi) is 4.10. The second-order valence-corrected chi connectivity index (χ2v) is 5.69. The summed E-state index contributed by atoms with van der Waals surface area (Å²) < 4.78 is 0. The summed E-state index contributed by atoms with van der Waals surface area (Å²) in [5, 5.41) is 12.6. The number of amides is 1. The Morgan fingerprint density at radius 1 is 1.42 bits per heavy atom. The number of rotatable bonds is 7. The van der Waals surface area contributed by atoms with Gasteiger partial charge in [-0.2, -0.15) is 0 Å². The maximum absolute atomic E-state index is 11.6. The summed E-state index contributed by atoms with van der Waals surface area (Å²) in [6, 6.07) is 7.07. The smallest absolute Gasteiger partial charge is 0.237 e. The third kappa shape index (κ3) is 3.96. The Balaban J connectivity index is 1.91. The van der Waals surface area contributed by atoms with Gasteiger partial charge in [0.05, 0.1) is 5.54 Å². The lowest BCUT2D eigenvalue weighted by molar-refractivity contribution is -0.124. The van der Waals surface area contributed by atoms with E-state index in [0.29, 0.717) is 12.3 Å². The van der Waals surface area contributed by atoms with Gasteiger partial charge in [-0.3, -0.25) is 4.79 Å². The summed E-state index contributed by atoms with van der Waals surface area (Å²) in [5.74, 6) is 0.674. The van der Waals surface area contributed by atoms with Crippen molar-refractivity contribution in [2.75, 3.05) is 6.54 Å². The van der Waals surface area contributed by atoms with E-state index in [1.165, 1.54) is 12.8 Å². The van der Waals surface area contributed by atoms with E-state index in [2.05, 4.69) is 5.32 Å². The Morgan fingerprint density at radius 2 is 2.05 bits per heavy atom. The number of aryl methyl sites for hydroxylation is 1. The zero-order valence-corrected chi connectivity index (χ0v) is 11.4. The van der Waals surface area contributed by atoms with Crippen LogP contribution in [0.15, 0.2) is 24.3 Å². The van der Waals surface area contributed by atoms with Crippen molar-refractivity contribution in [1.82, 2.24) is 5.32 Å². The molecule has 0 bridgehead atoms. The van der Waals surface area contributed by atoms with Gasteiger partial charge in [0, 0.05) is 0 Å². The highest BCUT2D eigenvalue weighted by atomic mass is 16.3. The van der Waals surface area contributed by atoms with Crippen LogP contribution in [0.3, 0.4) is 0 Å². The molecule has 4 nitrogen and oxygen atoms in total. The average molecular weight is 262 g/mol. The summed E-state index contributed by atoms with van der Waals surface area (Å²) in [4.78, 5) is 11.6. The molecule has 1 amide bonds. The molecule has 1 aliphatic rings. The Hall–Kier alpha value is -1.55. The fourth-order valence-electron chi connectivity index (χ4n) is 2.05. The molecule has 0 spiro atoms. The van der Waals surface area contributed by atoms with Crippen molar-refractivity contribution in [1.29, 1.82) is 0 Å². The van der Waals surface area contributed by atoms with Crippen molar-refractivity contribution in [3.05, 3.63) is 29.8 Å². The lowest BCUT2D eigenvalue weighted by Gasteiger charge is -2.27. The number of nitrogens with two attached hydrogens (primary N) is 1. The van der Waals surface area contributed by atoms with Crippen LogP contribution in [-0.2, 0) is 11.2 Å². The average Bonchev–Trinajstić information content (AvgIpc) is 3.19. The molecule has 2 rings (SSSR count). The second-order valence-electron chi connectivity index (χ2n) is 5.69. The number of carbonyl (C=O) groups is 1. The van der Waals surface area contributed by atoms with Crippen molar-refractivity contribution in [3.8, 4) is 5.75 Å². The van der Waals surface area contributed by atoms with Crippen molar-refractivity contribution in [3.63, 3.8) is 0 Å². The van der Waals surface area contributed by atoms with Crippen LogP contribution in [0.4, 0.5) is 0 Å². The van der Waals surface area contributed by atoms with Gasteiger partial charge < -0.3 is 16.2 Å². The molecule has 1 aliphatic carbocycles. The zero-order valence-electron chi connectivity index (χ0n) is 11.4. The highest BCUT2D eigenvalue weighted by Crippen LogP contribution is 2.28. The molecule has 0 radical (unpaired) electrons. The fourth-order valence-corrected chi connectivity index (χ4v) is 2.05. The van der Waals surface area contributed by atoms with Crippen LogP contribution in [0.5, 0.6) is 5.75 Å². The van der Waals surface area contributed by atoms with Crippen LogP contribution in [0, 0.1) is 5.92 Å². The van der Waals surface area contributed by atoms with Crippen molar-refractivity contribution in [2.24, 2.45) is 11.7 Å². The second kappa shape index (κ2) is 5.61. The van der Waals surface area contributed by atoms with Gasteiger partial charge in [-0.05, 0) is 62.8 Å². The van der Waals surface area contributed by atoms with E-state index in [0.717, 1.165) is 18.5 Å². The molecule has 1 fully saturated rings. The minimum atomic E-state index is -0.652. The number of hydrogen-bond donors (Lipinski definition) is 3. The number of phenols is 1. The standard InChI is InChI=1S/C15H22N2O2/c1-15(14(16)19,17-10-12-2-3-12)9-8-11-4-6-13(18)7-5-11/h4-7,12,17-18H,2-3,8-10H2,1H3,(H2,16,19). The molecule has 1 unspecified atom stereocenters.